The minimum Gasteiger partial charge on any atom is -0.327 e. The van der Waals surface area contributed by atoms with Gasteiger partial charge in [0.05, 0.1) is 6.17 Å². The Balaban J connectivity index is 1.26. The Morgan fingerprint density at radius 2 is 1.79 bits per heavy atom. The van der Waals surface area contributed by atoms with Crippen LogP contribution in [0, 0.1) is 16.7 Å². The normalized spacial score (nSPS) is 50.2. The van der Waals surface area contributed by atoms with Crippen molar-refractivity contribution in [3.8, 4) is 0 Å². The van der Waals surface area contributed by atoms with Gasteiger partial charge in [-0.2, -0.15) is 0 Å². The van der Waals surface area contributed by atoms with E-state index in [1.54, 1.807) is 0 Å². The van der Waals surface area contributed by atoms with Crippen LogP contribution in [-0.4, -0.2) is 110 Å². The number of nitrogens with two attached hydrogens (primary N) is 2. The number of piperidine rings is 1. The minimum atomic E-state index is -0.865. The van der Waals surface area contributed by atoms with Gasteiger partial charge in [0.2, 0.25) is 0 Å². The molecule has 5 rings (SSSR count). The summed E-state index contributed by atoms with van der Waals surface area (Å²) in [4.78, 5) is 10.1. The molecule has 2 spiro atoms. The number of hydrogen-bond acceptors (Lipinski definition) is 6. The maximum atomic E-state index is 13.9. The van der Waals surface area contributed by atoms with E-state index in [2.05, 4.69) is 33.7 Å². The quantitative estimate of drug-likeness (QED) is 0.704. The standard InChI is InChI=1S/C22H41FN6/c1-26-6-3-21(14-26)4-8-29(15-21)20-10-22(5-7-27(20)2)16(9-19(22)25)11-28-12-17(23)18(24)13-28/h16-20H,3-15,24-25H2,1-2H3/t16?,17-,18+,19+,20?,21+,22+/m1/s1. The van der Waals surface area contributed by atoms with Gasteiger partial charge in [-0.05, 0) is 76.0 Å². The number of nitrogens with zero attached hydrogens (tertiary/aromatic N) is 4. The zero-order valence-corrected chi connectivity index (χ0v) is 18.4. The SMILES string of the molecule is CN1CC[C@]2(CCN(C3C[C@@]4(CCN3C)C(CN3C[C@@H](F)[C@@H](N)C3)C[C@@H]4N)C2)C1. The molecular formula is C22H41FN6. The highest BCUT2D eigenvalue weighted by Crippen LogP contribution is 2.55. The second-order valence-corrected chi connectivity index (χ2v) is 11.3. The van der Waals surface area contributed by atoms with Gasteiger partial charge in [0.1, 0.15) is 6.17 Å². The highest BCUT2D eigenvalue weighted by atomic mass is 19.1. The van der Waals surface area contributed by atoms with Crippen molar-refractivity contribution in [1.29, 1.82) is 0 Å². The van der Waals surface area contributed by atoms with Crippen molar-refractivity contribution in [3.05, 3.63) is 0 Å². The summed E-state index contributed by atoms with van der Waals surface area (Å²) in [5, 5.41) is 0. The number of hydrogen-bond donors (Lipinski definition) is 2. The second-order valence-electron chi connectivity index (χ2n) is 11.3. The lowest BCUT2D eigenvalue weighted by molar-refractivity contribution is -0.114. The summed E-state index contributed by atoms with van der Waals surface area (Å²) in [6.07, 6.45) is 5.80. The molecule has 0 aromatic carbocycles. The molecule has 4 saturated heterocycles. The van der Waals surface area contributed by atoms with Crippen LogP contribution in [0.5, 0.6) is 0 Å². The van der Waals surface area contributed by atoms with E-state index in [4.69, 9.17) is 11.5 Å². The van der Waals surface area contributed by atoms with Crippen molar-refractivity contribution in [2.75, 3.05) is 66.5 Å². The maximum Gasteiger partial charge on any atom is 0.129 e. The van der Waals surface area contributed by atoms with Gasteiger partial charge in [0, 0.05) is 51.4 Å². The maximum absolute atomic E-state index is 13.9. The van der Waals surface area contributed by atoms with Crippen LogP contribution in [0.1, 0.15) is 32.1 Å². The van der Waals surface area contributed by atoms with Crippen LogP contribution in [0.15, 0.2) is 0 Å². The third-order valence-electron chi connectivity index (χ3n) is 9.45. The molecular weight excluding hydrogens is 367 g/mol. The monoisotopic (exact) mass is 408 g/mol. The average molecular weight is 409 g/mol. The van der Waals surface area contributed by atoms with Gasteiger partial charge in [-0.15, -0.1) is 0 Å². The Bertz CT molecular complexity index is 610. The van der Waals surface area contributed by atoms with Crippen molar-refractivity contribution >= 4 is 0 Å². The van der Waals surface area contributed by atoms with Crippen molar-refractivity contribution < 1.29 is 4.39 Å². The van der Waals surface area contributed by atoms with Crippen LogP contribution in [0.2, 0.25) is 0 Å². The number of alkyl halides is 1. The van der Waals surface area contributed by atoms with Crippen LogP contribution >= 0.6 is 0 Å². The predicted octanol–water partition coefficient (Wildman–Crippen LogP) is 0.380. The van der Waals surface area contributed by atoms with Gasteiger partial charge < -0.3 is 16.4 Å². The molecule has 1 saturated carbocycles. The first-order valence-electron chi connectivity index (χ1n) is 11.8. The van der Waals surface area contributed by atoms with Gasteiger partial charge in [0.15, 0.2) is 0 Å². The molecule has 4 heterocycles. The minimum absolute atomic E-state index is 0.234. The zero-order valence-electron chi connectivity index (χ0n) is 18.4. The Hall–Kier alpha value is -0.310. The van der Waals surface area contributed by atoms with Gasteiger partial charge in [-0.3, -0.25) is 14.7 Å². The van der Waals surface area contributed by atoms with E-state index in [0.717, 1.165) is 19.5 Å². The van der Waals surface area contributed by atoms with Gasteiger partial charge in [-0.25, -0.2) is 4.39 Å². The lowest BCUT2D eigenvalue weighted by atomic mass is 9.51. The Labute approximate surface area is 175 Å². The molecule has 4 N–H and O–H groups in total. The number of likely N-dealkylation sites (tertiary alicyclic amines) is 4. The van der Waals surface area contributed by atoms with Crippen LogP contribution in [0.25, 0.3) is 0 Å². The first-order chi connectivity index (χ1) is 13.8. The molecule has 166 valence electrons. The smallest absolute Gasteiger partial charge is 0.129 e. The summed E-state index contributed by atoms with van der Waals surface area (Å²) >= 11 is 0. The fourth-order valence-corrected chi connectivity index (χ4v) is 7.47. The highest BCUT2D eigenvalue weighted by molar-refractivity contribution is 5.11. The summed E-state index contributed by atoms with van der Waals surface area (Å²) in [5.41, 5.74) is 13.4. The van der Waals surface area contributed by atoms with E-state index in [1.807, 2.05) is 0 Å². The predicted molar refractivity (Wildman–Crippen MR) is 114 cm³/mol. The van der Waals surface area contributed by atoms with Gasteiger partial charge in [0.25, 0.3) is 0 Å². The number of halogens is 1. The largest absolute Gasteiger partial charge is 0.327 e. The number of rotatable bonds is 3. The molecule has 0 bridgehead atoms. The van der Waals surface area contributed by atoms with Crippen LogP contribution in [-0.2, 0) is 0 Å². The molecule has 0 aromatic rings. The van der Waals surface area contributed by atoms with E-state index < -0.39 is 6.17 Å². The Morgan fingerprint density at radius 1 is 1.00 bits per heavy atom. The molecule has 5 fully saturated rings. The Kier molecular flexibility index (Phi) is 5.24. The molecule has 2 unspecified atom stereocenters. The van der Waals surface area contributed by atoms with Crippen molar-refractivity contribution in [2.24, 2.45) is 28.2 Å². The first-order valence-corrected chi connectivity index (χ1v) is 11.8. The molecule has 29 heavy (non-hydrogen) atoms. The molecule has 5 aliphatic rings. The summed E-state index contributed by atoms with van der Waals surface area (Å²) in [6.45, 7) is 8.29. The lowest BCUT2D eigenvalue weighted by Gasteiger charge is -2.61. The van der Waals surface area contributed by atoms with Gasteiger partial charge >= 0.3 is 0 Å². The highest BCUT2D eigenvalue weighted by Gasteiger charge is 2.57. The summed E-state index contributed by atoms with van der Waals surface area (Å²) in [7, 11) is 4.57. The fourth-order valence-electron chi connectivity index (χ4n) is 7.47. The summed E-state index contributed by atoms with van der Waals surface area (Å²) < 4.78 is 13.9. The topological polar surface area (TPSA) is 65.0 Å². The Morgan fingerprint density at radius 3 is 2.45 bits per heavy atom. The third-order valence-corrected chi connectivity index (χ3v) is 9.45. The van der Waals surface area contributed by atoms with Crippen molar-refractivity contribution in [1.82, 2.24) is 19.6 Å². The molecule has 7 atom stereocenters. The van der Waals surface area contributed by atoms with E-state index in [-0.39, 0.29) is 11.5 Å². The molecule has 1 aliphatic carbocycles. The average Bonchev–Trinajstić information content (AvgIpc) is 3.35. The van der Waals surface area contributed by atoms with Crippen LogP contribution in [0.3, 0.4) is 0 Å². The summed E-state index contributed by atoms with van der Waals surface area (Å²) in [6, 6.07) is -0.00871. The van der Waals surface area contributed by atoms with Crippen LogP contribution in [0.4, 0.5) is 4.39 Å². The summed E-state index contributed by atoms with van der Waals surface area (Å²) in [5.74, 6) is 0.598. The van der Waals surface area contributed by atoms with Crippen LogP contribution < -0.4 is 11.5 Å². The lowest BCUT2D eigenvalue weighted by Crippen LogP contribution is -2.67. The van der Waals surface area contributed by atoms with E-state index >= 15 is 0 Å². The first kappa shape index (κ1) is 20.6. The van der Waals surface area contributed by atoms with Crippen molar-refractivity contribution in [2.45, 2.75) is 56.5 Å². The van der Waals surface area contributed by atoms with Gasteiger partial charge in [-0.1, -0.05) is 0 Å². The molecule has 6 nitrogen and oxygen atoms in total. The second kappa shape index (κ2) is 7.38. The molecule has 0 aromatic heterocycles. The molecule has 7 heteroatoms. The molecule has 4 aliphatic heterocycles. The zero-order chi connectivity index (χ0) is 20.4. The molecule has 0 radical (unpaired) electrons. The molecule has 0 amide bonds. The fraction of sp³-hybridized carbons (Fsp3) is 1.00. The van der Waals surface area contributed by atoms with E-state index in [0.29, 0.717) is 36.6 Å². The van der Waals surface area contributed by atoms with E-state index in [1.165, 1.54) is 51.9 Å². The van der Waals surface area contributed by atoms with E-state index in [9.17, 15) is 4.39 Å². The van der Waals surface area contributed by atoms with Crippen molar-refractivity contribution in [3.63, 3.8) is 0 Å². The third kappa shape index (κ3) is 3.46.